The van der Waals surface area contributed by atoms with Gasteiger partial charge in [0.15, 0.2) is 0 Å². The molecule has 1 N–H and O–H groups in total. The van der Waals surface area contributed by atoms with Gasteiger partial charge in [0, 0.05) is 17.1 Å². The van der Waals surface area contributed by atoms with Crippen LogP contribution in [0.15, 0.2) is 28.7 Å². The molecule has 17 heavy (non-hydrogen) atoms. The molecule has 0 aliphatic rings. The Hall–Kier alpha value is -1.36. The Morgan fingerprint density at radius 3 is 2.53 bits per heavy atom. The van der Waals surface area contributed by atoms with Gasteiger partial charge in [0.05, 0.1) is 0 Å². The van der Waals surface area contributed by atoms with Crippen molar-refractivity contribution in [3.05, 3.63) is 28.7 Å². The fourth-order valence-electron chi connectivity index (χ4n) is 1.67. The van der Waals surface area contributed by atoms with Crippen LogP contribution in [-0.2, 0) is 9.59 Å². The van der Waals surface area contributed by atoms with Crippen LogP contribution in [0.3, 0.4) is 0 Å². The van der Waals surface area contributed by atoms with E-state index in [2.05, 4.69) is 15.9 Å². The van der Waals surface area contributed by atoms with Crippen molar-refractivity contribution in [1.82, 2.24) is 0 Å². The number of hydrogen-bond donors (Lipinski definition) is 1. The van der Waals surface area contributed by atoms with Crippen molar-refractivity contribution in [3.63, 3.8) is 0 Å². The summed E-state index contributed by atoms with van der Waals surface area (Å²) in [5.41, 5.74) is 0.584. The minimum Gasteiger partial charge on any atom is -0.480 e. The Morgan fingerprint density at radius 2 is 2.12 bits per heavy atom. The normalized spacial score (nSPS) is 11.9. The first-order valence-corrected chi connectivity index (χ1v) is 6.04. The van der Waals surface area contributed by atoms with Gasteiger partial charge in [-0.1, -0.05) is 28.9 Å². The third-order valence-corrected chi connectivity index (χ3v) is 2.90. The summed E-state index contributed by atoms with van der Waals surface area (Å²) in [5, 5.41) is 9.12. The largest absolute Gasteiger partial charge is 0.480 e. The lowest BCUT2D eigenvalue weighted by molar-refractivity contribution is -0.140. The second kappa shape index (κ2) is 5.82. The summed E-state index contributed by atoms with van der Waals surface area (Å²) in [5.74, 6) is -1.28. The maximum Gasteiger partial charge on any atom is 0.326 e. The van der Waals surface area contributed by atoms with Crippen LogP contribution in [0, 0.1) is 0 Å². The summed E-state index contributed by atoms with van der Waals surface area (Å²) >= 11 is 3.30. The van der Waals surface area contributed by atoms with Gasteiger partial charge in [0.1, 0.15) is 6.04 Å². The molecule has 1 unspecified atom stereocenters. The zero-order valence-electron chi connectivity index (χ0n) is 9.68. The number of amides is 1. The highest BCUT2D eigenvalue weighted by Crippen LogP contribution is 2.23. The van der Waals surface area contributed by atoms with Crippen LogP contribution >= 0.6 is 15.9 Å². The molecule has 1 rings (SSSR count). The lowest BCUT2D eigenvalue weighted by Gasteiger charge is -2.27. The summed E-state index contributed by atoms with van der Waals surface area (Å²) in [6.07, 6.45) is 0.363. The van der Waals surface area contributed by atoms with Crippen molar-refractivity contribution in [2.24, 2.45) is 0 Å². The molecular formula is C12H14BrNO3. The van der Waals surface area contributed by atoms with E-state index in [1.807, 2.05) is 6.07 Å². The predicted molar refractivity (Wildman–Crippen MR) is 69.0 cm³/mol. The lowest BCUT2D eigenvalue weighted by Crippen LogP contribution is -2.43. The molecular weight excluding hydrogens is 286 g/mol. The highest BCUT2D eigenvalue weighted by molar-refractivity contribution is 9.10. The first-order chi connectivity index (χ1) is 7.97. The Bertz CT molecular complexity index is 434. The molecule has 0 spiro atoms. The maximum atomic E-state index is 11.6. The summed E-state index contributed by atoms with van der Waals surface area (Å²) in [6.45, 7) is 3.11. The Morgan fingerprint density at radius 1 is 1.47 bits per heavy atom. The SMILES string of the molecule is CCC(C(=O)O)N(C(C)=O)c1cccc(Br)c1. The van der Waals surface area contributed by atoms with E-state index in [-0.39, 0.29) is 5.91 Å². The van der Waals surface area contributed by atoms with Crippen molar-refractivity contribution < 1.29 is 14.7 Å². The minimum absolute atomic E-state index is 0.280. The number of hydrogen-bond acceptors (Lipinski definition) is 2. The number of aliphatic carboxylic acids is 1. The number of nitrogens with zero attached hydrogens (tertiary/aromatic N) is 1. The molecule has 92 valence electrons. The second-order valence-corrected chi connectivity index (χ2v) is 4.55. The van der Waals surface area contributed by atoms with Gasteiger partial charge in [-0.3, -0.25) is 9.69 Å². The number of carboxylic acid groups (broad SMARTS) is 1. The van der Waals surface area contributed by atoms with Crippen LogP contribution in [0.4, 0.5) is 5.69 Å². The fourth-order valence-corrected chi connectivity index (χ4v) is 2.06. The van der Waals surface area contributed by atoms with Gasteiger partial charge in [-0.05, 0) is 24.6 Å². The molecule has 5 heteroatoms. The molecule has 0 aromatic heterocycles. The number of carbonyl (C=O) groups excluding carboxylic acids is 1. The molecule has 0 saturated carbocycles. The van der Waals surface area contributed by atoms with Crippen LogP contribution in [0.5, 0.6) is 0 Å². The quantitative estimate of drug-likeness (QED) is 0.930. The van der Waals surface area contributed by atoms with E-state index in [0.29, 0.717) is 12.1 Å². The standard InChI is InChI=1S/C12H14BrNO3/c1-3-11(12(16)17)14(8(2)15)10-6-4-5-9(13)7-10/h4-7,11H,3H2,1-2H3,(H,16,17). The number of rotatable bonds is 4. The van der Waals surface area contributed by atoms with Gasteiger partial charge >= 0.3 is 5.97 Å². The van der Waals surface area contributed by atoms with Crippen molar-refractivity contribution in [1.29, 1.82) is 0 Å². The summed E-state index contributed by atoms with van der Waals surface area (Å²) in [7, 11) is 0. The number of benzene rings is 1. The lowest BCUT2D eigenvalue weighted by atomic mass is 10.1. The Balaban J connectivity index is 3.17. The van der Waals surface area contributed by atoms with Gasteiger partial charge in [0.2, 0.25) is 5.91 Å². The number of carboxylic acids is 1. The van der Waals surface area contributed by atoms with Crippen LogP contribution in [-0.4, -0.2) is 23.0 Å². The average Bonchev–Trinajstić information content (AvgIpc) is 2.24. The maximum absolute atomic E-state index is 11.6. The highest BCUT2D eigenvalue weighted by Gasteiger charge is 2.27. The van der Waals surface area contributed by atoms with Crippen molar-refractivity contribution in [2.75, 3.05) is 4.90 Å². The van der Waals surface area contributed by atoms with Crippen LogP contribution < -0.4 is 4.90 Å². The summed E-state index contributed by atoms with van der Waals surface area (Å²) in [4.78, 5) is 24.0. The van der Waals surface area contributed by atoms with Crippen molar-refractivity contribution in [3.8, 4) is 0 Å². The molecule has 1 aromatic rings. The van der Waals surface area contributed by atoms with Gasteiger partial charge in [-0.15, -0.1) is 0 Å². The molecule has 0 radical (unpaired) electrons. The minimum atomic E-state index is -0.998. The van der Waals surface area contributed by atoms with E-state index in [1.54, 1.807) is 25.1 Å². The molecule has 0 aliphatic heterocycles. The monoisotopic (exact) mass is 299 g/mol. The van der Waals surface area contributed by atoms with E-state index in [1.165, 1.54) is 11.8 Å². The van der Waals surface area contributed by atoms with E-state index in [9.17, 15) is 9.59 Å². The Labute approximate surface area is 108 Å². The molecule has 4 nitrogen and oxygen atoms in total. The molecule has 0 fully saturated rings. The van der Waals surface area contributed by atoms with Crippen molar-refractivity contribution in [2.45, 2.75) is 26.3 Å². The summed E-state index contributed by atoms with van der Waals surface area (Å²) in [6, 6.07) is 6.21. The molecule has 0 bridgehead atoms. The van der Waals surface area contributed by atoms with Gasteiger partial charge < -0.3 is 5.11 Å². The van der Waals surface area contributed by atoms with E-state index in [4.69, 9.17) is 5.11 Å². The second-order valence-electron chi connectivity index (χ2n) is 3.63. The van der Waals surface area contributed by atoms with Crippen molar-refractivity contribution >= 4 is 33.5 Å². The van der Waals surface area contributed by atoms with Gasteiger partial charge in [0.25, 0.3) is 0 Å². The van der Waals surface area contributed by atoms with Crippen LogP contribution in [0.1, 0.15) is 20.3 Å². The first-order valence-electron chi connectivity index (χ1n) is 5.25. The molecule has 1 amide bonds. The van der Waals surface area contributed by atoms with E-state index < -0.39 is 12.0 Å². The fraction of sp³-hybridized carbons (Fsp3) is 0.333. The molecule has 0 saturated heterocycles. The zero-order chi connectivity index (χ0) is 13.0. The van der Waals surface area contributed by atoms with Crippen LogP contribution in [0.25, 0.3) is 0 Å². The summed E-state index contributed by atoms with van der Waals surface area (Å²) < 4.78 is 0.807. The third kappa shape index (κ3) is 3.30. The smallest absolute Gasteiger partial charge is 0.326 e. The predicted octanol–water partition coefficient (Wildman–Crippen LogP) is 2.67. The topological polar surface area (TPSA) is 57.6 Å². The highest BCUT2D eigenvalue weighted by atomic mass is 79.9. The zero-order valence-corrected chi connectivity index (χ0v) is 11.3. The van der Waals surface area contributed by atoms with E-state index in [0.717, 1.165) is 4.47 Å². The molecule has 0 aliphatic carbocycles. The average molecular weight is 300 g/mol. The molecule has 1 atom stereocenters. The van der Waals surface area contributed by atoms with E-state index >= 15 is 0 Å². The molecule has 1 aromatic carbocycles. The molecule has 0 heterocycles. The first kappa shape index (κ1) is 13.7. The number of halogens is 1. The van der Waals surface area contributed by atoms with Crippen LogP contribution in [0.2, 0.25) is 0 Å². The van der Waals surface area contributed by atoms with Gasteiger partial charge in [-0.25, -0.2) is 4.79 Å². The number of carbonyl (C=O) groups is 2. The van der Waals surface area contributed by atoms with Gasteiger partial charge in [-0.2, -0.15) is 0 Å². The third-order valence-electron chi connectivity index (χ3n) is 2.41. The number of anilines is 1. The Kier molecular flexibility index (Phi) is 4.69.